The number of nitrogens with zero attached hydrogens (tertiary/aromatic N) is 2. The number of halogens is 1. The first-order valence-corrected chi connectivity index (χ1v) is 12.4. The van der Waals surface area contributed by atoms with E-state index >= 15 is 0 Å². The summed E-state index contributed by atoms with van der Waals surface area (Å²) in [5, 5.41) is 10.3. The number of hydrogen-bond donors (Lipinski definition) is 3. The Bertz CT molecular complexity index is 1300. The van der Waals surface area contributed by atoms with Gasteiger partial charge in [0.2, 0.25) is 5.91 Å². The number of amidine groups is 1. The number of amides is 3. The van der Waals surface area contributed by atoms with E-state index in [2.05, 4.69) is 5.32 Å². The van der Waals surface area contributed by atoms with Crippen molar-refractivity contribution in [3.8, 4) is 0 Å². The van der Waals surface area contributed by atoms with Crippen molar-refractivity contribution in [2.24, 2.45) is 5.73 Å². The highest BCUT2D eigenvalue weighted by Crippen LogP contribution is 2.26. The Morgan fingerprint density at radius 1 is 0.923 bits per heavy atom. The van der Waals surface area contributed by atoms with Crippen LogP contribution in [0.15, 0.2) is 78.9 Å². The molecule has 1 saturated heterocycles. The fourth-order valence-corrected chi connectivity index (χ4v) is 4.39. The SMILES string of the molecule is COC(=O)C(Cc1ccc(N2CCN(c3ccc(C(=N)N)cc3)C2=O)cc1)NC(=O)CCc1ccccc1.Cl. The van der Waals surface area contributed by atoms with Crippen LogP contribution in [0, 0.1) is 5.41 Å². The number of nitrogens with one attached hydrogen (secondary N) is 2. The number of hydrogen-bond acceptors (Lipinski definition) is 5. The molecule has 9 nitrogen and oxygen atoms in total. The number of urea groups is 1. The molecule has 4 N–H and O–H groups in total. The molecule has 0 bridgehead atoms. The number of rotatable bonds is 10. The Morgan fingerprint density at radius 3 is 2.03 bits per heavy atom. The second kappa shape index (κ2) is 13.4. The minimum atomic E-state index is -0.809. The van der Waals surface area contributed by atoms with Crippen LogP contribution in [0.4, 0.5) is 16.2 Å². The van der Waals surface area contributed by atoms with Gasteiger partial charge in [0.05, 0.1) is 7.11 Å². The summed E-state index contributed by atoms with van der Waals surface area (Å²) in [6.45, 7) is 1.05. The van der Waals surface area contributed by atoms with Gasteiger partial charge in [0.1, 0.15) is 11.9 Å². The van der Waals surface area contributed by atoms with Crippen LogP contribution in [0.3, 0.4) is 0 Å². The molecular weight excluding hydrogens is 518 g/mol. The van der Waals surface area contributed by atoms with Gasteiger partial charge in [-0.25, -0.2) is 9.59 Å². The van der Waals surface area contributed by atoms with Gasteiger partial charge in [-0.05, 0) is 53.9 Å². The number of aryl methyl sites for hydroxylation is 1. The zero-order valence-corrected chi connectivity index (χ0v) is 22.4. The van der Waals surface area contributed by atoms with E-state index in [-0.39, 0.29) is 43.0 Å². The number of ether oxygens (including phenoxy) is 1. The zero-order valence-electron chi connectivity index (χ0n) is 21.6. The molecule has 3 amide bonds. The molecule has 3 aromatic carbocycles. The fraction of sp³-hybridized carbons (Fsp3) is 0.241. The quantitative estimate of drug-likeness (QED) is 0.202. The molecule has 204 valence electrons. The molecular formula is C29H32ClN5O4. The van der Waals surface area contributed by atoms with Crippen molar-refractivity contribution in [2.45, 2.75) is 25.3 Å². The highest BCUT2D eigenvalue weighted by Gasteiger charge is 2.31. The standard InChI is InChI=1S/C29H31N5O4.ClH/c1-38-28(36)25(32-26(35)16-9-20-5-3-2-4-6-20)19-21-7-12-23(13-8-21)33-17-18-34(29(33)37)24-14-10-22(11-15-24)27(30)31;/h2-8,10-15,25H,9,16-19H2,1H3,(H3,30,31)(H,32,35);1H. The topological polar surface area (TPSA) is 129 Å². The summed E-state index contributed by atoms with van der Waals surface area (Å²) in [5.41, 5.74) is 9.48. The van der Waals surface area contributed by atoms with Crippen molar-refractivity contribution >= 4 is 47.5 Å². The van der Waals surface area contributed by atoms with Gasteiger partial charge < -0.3 is 15.8 Å². The molecule has 1 fully saturated rings. The summed E-state index contributed by atoms with van der Waals surface area (Å²) in [6, 6.07) is 23.1. The number of esters is 1. The third-order valence-electron chi connectivity index (χ3n) is 6.49. The monoisotopic (exact) mass is 549 g/mol. The molecule has 4 rings (SSSR count). The maximum Gasteiger partial charge on any atom is 0.329 e. The van der Waals surface area contributed by atoms with Gasteiger partial charge in [0.15, 0.2) is 0 Å². The lowest BCUT2D eigenvalue weighted by atomic mass is 10.0. The first-order chi connectivity index (χ1) is 18.4. The summed E-state index contributed by atoms with van der Waals surface area (Å²) >= 11 is 0. The van der Waals surface area contributed by atoms with E-state index in [9.17, 15) is 14.4 Å². The normalized spacial score (nSPS) is 13.4. The molecule has 1 aliphatic heterocycles. The van der Waals surface area contributed by atoms with Gasteiger partial charge in [-0.3, -0.25) is 20.0 Å². The molecule has 1 unspecified atom stereocenters. The van der Waals surface area contributed by atoms with Crippen LogP contribution >= 0.6 is 12.4 Å². The van der Waals surface area contributed by atoms with E-state index in [0.717, 1.165) is 22.5 Å². The molecule has 3 aromatic rings. The third-order valence-corrected chi connectivity index (χ3v) is 6.49. The maximum atomic E-state index is 13.1. The summed E-state index contributed by atoms with van der Waals surface area (Å²) in [6.07, 6.45) is 1.12. The third kappa shape index (κ3) is 7.36. The minimum absolute atomic E-state index is 0. The number of anilines is 2. The Kier molecular flexibility index (Phi) is 10.1. The molecule has 1 aliphatic rings. The maximum absolute atomic E-state index is 13.1. The lowest BCUT2D eigenvalue weighted by molar-refractivity contribution is -0.145. The second-order valence-corrected chi connectivity index (χ2v) is 9.05. The van der Waals surface area contributed by atoms with Crippen LogP contribution < -0.4 is 20.9 Å². The molecule has 0 aliphatic carbocycles. The number of carbonyl (C=O) groups is 3. The Hall–Kier alpha value is -4.37. The summed E-state index contributed by atoms with van der Waals surface area (Å²) in [4.78, 5) is 41.3. The highest BCUT2D eigenvalue weighted by atomic mass is 35.5. The van der Waals surface area contributed by atoms with Crippen LogP contribution in [-0.2, 0) is 27.2 Å². The molecule has 0 radical (unpaired) electrons. The summed E-state index contributed by atoms with van der Waals surface area (Å²) in [7, 11) is 1.30. The van der Waals surface area contributed by atoms with Crippen LogP contribution in [0.1, 0.15) is 23.1 Å². The Morgan fingerprint density at radius 2 is 1.49 bits per heavy atom. The largest absolute Gasteiger partial charge is 0.467 e. The van der Waals surface area contributed by atoms with Crippen molar-refractivity contribution < 1.29 is 19.1 Å². The van der Waals surface area contributed by atoms with Gasteiger partial charge >= 0.3 is 12.0 Å². The average Bonchev–Trinajstić information content (AvgIpc) is 3.33. The first kappa shape index (κ1) is 29.2. The predicted octanol–water partition coefficient (Wildman–Crippen LogP) is 3.67. The van der Waals surface area contributed by atoms with E-state index in [1.165, 1.54) is 7.11 Å². The van der Waals surface area contributed by atoms with E-state index < -0.39 is 12.0 Å². The van der Waals surface area contributed by atoms with E-state index in [4.69, 9.17) is 15.9 Å². The number of nitrogen functional groups attached to an aromatic ring is 1. The van der Waals surface area contributed by atoms with Crippen molar-refractivity contribution in [3.05, 3.63) is 95.6 Å². The first-order valence-electron chi connectivity index (χ1n) is 12.4. The van der Waals surface area contributed by atoms with Crippen molar-refractivity contribution in [3.63, 3.8) is 0 Å². The predicted molar refractivity (Wildman–Crippen MR) is 154 cm³/mol. The highest BCUT2D eigenvalue weighted by molar-refractivity contribution is 6.06. The molecule has 10 heteroatoms. The smallest absolute Gasteiger partial charge is 0.329 e. The fourth-order valence-electron chi connectivity index (χ4n) is 4.39. The van der Waals surface area contributed by atoms with E-state index in [1.54, 1.807) is 34.1 Å². The number of methoxy groups -OCH3 is 1. The van der Waals surface area contributed by atoms with Crippen LogP contribution in [0.5, 0.6) is 0 Å². The van der Waals surface area contributed by atoms with Crippen LogP contribution in [-0.4, -0.2) is 50.0 Å². The number of carbonyl (C=O) groups excluding carboxylic acids is 3. The van der Waals surface area contributed by atoms with Gasteiger partial charge in [0.25, 0.3) is 0 Å². The minimum Gasteiger partial charge on any atom is -0.467 e. The second-order valence-electron chi connectivity index (χ2n) is 9.05. The summed E-state index contributed by atoms with van der Waals surface area (Å²) < 4.78 is 4.91. The van der Waals surface area contributed by atoms with Gasteiger partial charge in [-0.2, -0.15) is 0 Å². The van der Waals surface area contributed by atoms with Gasteiger partial charge in [-0.1, -0.05) is 42.5 Å². The van der Waals surface area contributed by atoms with Gasteiger partial charge in [0, 0.05) is 42.9 Å². The lowest BCUT2D eigenvalue weighted by Gasteiger charge is -2.20. The Balaban J connectivity index is 0.00000420. The van der Waals surface area contributed by atoms with Gasteiger partial charge in [-0.15, -0.1) is 12.4 Å². The molecule has 0 aromatic heterocycles. The molecule has 0 saturated carbocycles. The number of nitrogens with two attached hydrogens (primary N) is 1. The Labute approximate surface area is 233 Å². The van der Waals surface area contributed by atoms with Crippen molar-refractivity contribution in [1.82, 2.24) is 5.32 Å². The zero-order chi connectivity index (χ0) is 27.1. The molecule has 1 heterocycles. The lowest BCUT2D eigenvalue weighted by Crippen LogP contribution is -2.43. The van der Waals surface area contributed by atoms with E-state index in [0.29, 0.717) is 25.1 Å². The average molecular weight is 550 g/mol. The van der Waals surface area contributed by atoms with Crippen molar-refractivity contribution in [1.29, 1.82) is 5.41 Å². The van der Waals surface area contributed by atoms with Crippen LogP contribution in [0.2, 0.25) is 0 Å². The number of benzene rings is 3. The summed E-state index contributed by atoms with van der Waals surface area (Å²) in [5.74, 6) is -0.754. The van der Waals surface area contributed by atoms with Crippen molar-refractivity contribution in [2.75, 3.05) is 30.0 Å². The van der Waals surface area contributed by atoms with E-state index in [1.807, 2.05) is 54.6 Å². The molecule has 1 atom stereocenters. The van der Waals surface area contributed by atoms with Crippen LogP contribution in [0.25, 0.3) is 0 Å². The molecule has 0 spiro atoms. The molecule has 39 heavy (non-hydrogen) atoms.